The molecule has 0 saturated carbocycles. The van der Waals surface area contributed by atoms with E-state index in [1.165, 1.54) is 205 Å². The van der Waals surface area contributed by atoms with Crippen LogP contribution in [0.15, 0.2) is 24.3 Å². The smallest absolute Gasteiger partial charge is 0.305 e. The van der Waals surface area contributed by atoms with E-state index in [1.807, 2.05) is 6.08 Å². The molecule has 0 bridgehead atoms. The summed E-state index contributed by atoms with van der Waals surface area (Å²) in [4.78, 5) is 24.5. The highest BCUT2D eigenvalue weighted by molar-refractivity contribution is 5.76. The maximum Gasteiger partial charge on any atom is 0.305 e. The molecule has 6 nitrogen and oxygen atoms in total. The lowest BCUT2D eigenvalue weighted by atomic mass is 10.0. The van der Waals surface area contributed by atoms with Gasteiger partial charge in [-0.05, 0) is 57.8 Å². The van der Waals surface area contributed by atoms with E-state index < -0.39 is 12.1 Å². The van der Waals surface area contributed by atoms with Gasteiger partial charge in [-0.3, -0.25) is 9.59 Å². The van der Waals surface area contributed by atoms with E-state index in [-0.39, 0.29) is 18.5 Å². The van der Waals surface area contributed by atoms with Gasteiger partial charge in [0.2, 0.25) is 5.91 Å². The number of hydrogen-bond acceptors (Lipinski definition) is 5. The highest BCUT2D eigenvalue weighted by Crippen LogP contribution is 2.16. The Morgan fingerprint density at radius 3 is 1.16 bits per heavy atom. The van der Waals surface area contributed by atoms with Gasteiger partial charge in [-0.15, -0.1) is 0 Å². The number of nitrogens with one attached hydrogen (secondary N) is 1. The zero-order valence-corrected chi connectivity index (χ0v) is 40.9. The average Bonchev–Trinajstić information content (AvgIpc) is 3.26. The first-order chi connectivity index (χ1) is 30.0. The Bertz CT molecular complexity index is 951. The first kappa shape index (κ1) is 59.3. The van der Waals surface area contributed by atoms with E-state index in [0.717, 1.165) is 57.8 Å². The van der Waals surface area contributed by atoms with Gasteiger partial charge in [0, 0.05) is 12.8 Å². The van der Waals surface area contributed by atoms with Crippen molar-refractivity contribution in [1.29, 1.82) is 0 Å². The molecule has 0 fully saturated rings. The lowest BCUT2D eigenvalue weighted by Crippen LogP contribution is -2.45. The Kier molecular flexibility index (Phi) is 49.6. The zero-order valence-electron chi connectivity index (χ0n) is 40.9. The zero-order chi connectivity index (χ0) is 44.4. The van der Waals surface area contributed by atoms with Gasteiger partial charge in [-0.2, -0.15) is 0 Å². The summed E-state index contributed by atoms with van der Waals surface area (Å²) in [6.07, 6.45) is 60.3. The van der Waals surface area contributed by atoms with E-state index in [2.05, 4.69) is 31.3 Å². The number of unbranched alkanes of at least 4 members (excludes halogenated alkanes) is 37. The summed E-state index contributed by atoms with van der Waals surface area (Å²) in [7, 11) is 0. The van der Waals surface area contributed by atoms with E-state index in [1.54, 1.807) is 6.08 Å². The second kappa shape index (κ2) is 51.0. The SMILES string of the molecule is CCCCCCCCC/C=C\CCCCCCCC(=O)OCCCCCCCCCCCCCCC(=O)NC(CO)C(O)/C=C/CCCCCCCCCCCCCCCC. The summed E-state index contributed by atoms with van der Waals surface area (Å²) in [5.74, 6) is -0.101. The standard InChI is InChI=1S/C55H105NO5/c1-3-5-7-9-11-13-15-17-19-21-23-27-31-35-39-43-47-53(58)52(51-57)56-54(59)48-44-40-36-32-28-25-26-30-34-38-42-46-50-61-55(60)49-45-41-37-33-29-24-22-20-18-16-14-12-10-8-6-4-2/h20,22,43,47,52-53,57-58H,3-19,21,23-42,44-46,48-51H2,1-2H3,(H,56,59)/b22-20-,47-43+. The van der Waals surface area contributed by atoms with Crippen LogP contribution in [0.2, 0.25) is 0 Å². The lowest BCUT2D eigenvalue weighted by molar-refractivity contribution is -0.143. The summed E-state index contributed by atoms with van der Waals surface area (Å²) in [5, 5.41) is 23.1. The number of allylic oxidation sites excluding steroid dienone is 3. The third-order valence-electron chi connectivity index (χ3n) is 12.5. The van der Waals surface area contributed by atoms with Gasteiger partial charge >= 0.3 is 5.97 Å². The van der Waals surface area contributed by atoms with Gasteiger partial charge in [-0.25, -0.2) is 0 Å². The minimum Gasteiger partial charge on any atom is -0.466 e. The minimum absolute atomic E-state index is 0.0181. The molecule has 360 valence electrons. The molecule has 0 aromatic heterocycles. The monoisotopic (exact) mass is 860 g/mol. The van der Waals surface area contributed by atoms with Crippen LogP contribution in [0.1, 0.15) is 290 Å². The highest BCUT2D eigenvalue weighted by Gasteiger charge is 2.18. The van der Waals surface area contributed by atoms with Gasteiger partial charge < -0.3 is 20.3 Å². The molecule has 0 aromatic rings. The molecular weight excluding hydrogens is 755 g/mol. The third-order valence-corrected chi connectivity index (χ3v) is 12.5. The largest absolute Gasteiger partial charge is 0.466 e. The van der Waals surface area contributed by atoms with Crippen molar-refractivity contribution in [3.8, 4) is 0 Å². The predicted octanol–water partition coefficient (Wildman–Crippen LogP) is 16.3. The first-order valence-corrected chi connectivity index (χ1v) is 27.1. The number of esters is 1. The van der Waals surface area contributed by atoms with Crippen LogP contribution >= 0.6 is 0 Å². The second-order valence-electron chi connectivity index (χ2n) is 18.6. The van der Waals surface area contributed by atoms with Crippen LogP contribution in [0.25, 0.3) is 0 Å². The normalized spacial score (nSPS) is 12.8. The number of aliphatic hydroxyl groups is 2. The first-order valence-electron chi connectivity index (χ1n) is 27.1. The van der Waals surface area contributed by atoms with Crippen LogP contribution in [0, 0.1) is 0 Å². The topological polar surface area (TPSA) is 95.9 Å². The van der Waals surface area contributed by atoms with Gasteiger partial charge in [0.1, 0.15) is 0 Å². The summed E-state index contributed by atoms with van der Waals surface area (Å²) in [5.41, 5.74) is 0. The summed E-state index contributed by atoms with van der Waals surface area (Å²) < 4.78 is 5.46. The quantitative estimate of drug-likeness (QED) is 0.0322. The Hall–Kier alpha value is -1.66. The molecule has 0 heterocycles. The van der Waals surface area contributed by atoms with Crippen LogP contribution in [0.5, 0.6) is 0 Å². The summed E-state index contributed by atoms with van der Waals surface area (Å²) in [6, 6.07) is -0.639. The third kappa shape index (κ3) is 47.7. The maximum absolute atomic E-state index is 12.4. The molecule has 0 aliphatic rings. The van der Waals surface area contributed by atoms with Crippen molar-refractivity contribution < 1.29 is 24.5 Å². The average molecular weight is 860 g/mol. The fraction of sp³-hybridized carbons (Fsp3) is 0.891. The van der Waals surface area contributed by atoms with Crippen LogP contribution in [0.3, 0.4) is 0 Å². The van der Waals surface area contributed by atoms with E-state index in [4.69, 9.17) is 4.74 Å². The van der Waals surface area contributed by atoms with Crippen LogP contribution in [-0.2, 0) is 14.3 Å². The van der Waals surface area contributed by atoms with Crippen molar-refractivity contribution >= 4 is 11.9 Å². The molecule has 0 aromatic carbocycles. The maximum atomic E-state index is 12.4. The fourth-order valence-corrected chi connectivity index (χ4v) is 8.27. The molecule has 0 aliphatic heterocycles. The van der Waals surface area contributed by atoms with Crippen molar-refractivity contribution in [3.63, 3.8) is 0 Å². The van der Waals surface area contributed by atoms with E-state index in [9.17, 15) is 19.8 Å². The number of carbonyl (C=O) groups is 2. The Morgan fingerprint density at radius 2 is 0.770 bits per heavy atom. The molecule has 3 N–H and O–H groups in total. The summed E-state index contributed by atoms with van der Waals surface area (Å²) in [6.45, 7) is 4.87. The molecule has 0 saturated heterocycles. The summed E-state index contributed by atoms with van der Waals surface area (Å²) >= 11 is 0. The van der Waals surface area contributed by atoms with Crippen molar-refractivity contribution in [3.05, 3.63) is 24.3 Å². The van der Waals surface area contributed by atoms with Crippen molar-refractivity contribution in [1.82, 2.24) is 5.32 Å². The number of amides is 1. The highest BCUT2D eigenvalue weighted by atomic mass is 16.5. The predicted molar refractivity (Wildman–Crippen MR) is 264 cm³/mol. The van der Waals surface area contributed by atoms with Crippen molar-refractivity contribution in [2.75, 3.05) is 13.2 Å². The molecule has 2 unspecified atom stereocenters. The second-order valence-corrected chi connectivity index (χ2v) is 18.6. The van der Waals surface area contributed by atoms with Gasteiger partial charge in [0.05, 0.1) is 25.4 Å². The van der Waals surface area contributed by atoms with Gasteiger partial charge in [0.25, 0.3) is 0 Å². The lowest BCUT2D eigenvalue weighted by Gasteiger charge is -2.20. The number of ether oxygens (including phenoxy) is 1. The molecule has 6 heteroatoms. The number of hydrogen-bond donors (Lipinski definition) is 3. The van der Waals surface area contributed by atoms with E-state index >= 15 is 0 Å². The molecule has 2 atom stereocenters. The van der Waals surface area contributed by atoms with Crippen LogP contribution in [0.4, 0.5) is 0 Å². The Balaban J connectivity index is 3.49. The minimum atomic E-state index is -0.854. The molecule has 61 heavy (non-hydrogen) atoms. The van der Waals surface area contributed by atoms with Gasteiger partial charge in [-0.1, -0.05) is 244 Å². The van der Waals surface area contributed by atoms with Crippen LogP contribution < -0.4 is 5.32 Å². The molecule has 1 amide bonds. The van der Waals surface area contributed by atoms with Crippen molar-refractivity contribution in [2.24, 2.45) is 0 Å². The number of carbonyl (C=O) groups excluding carboxylic acids is 2. The fourth-order valence-electron chi connectivity index (χ4n) is 8.27. The van der Waals surface area contributed by atoms with E-state index in [0.29, 0.717) is 19.4 Å². The molecule has 0 rings (SSSR count). The Labute approximate surface area is 380 Å². The molecule has 0 spiro atoms. The molecule has 0 radical (unpaired) electrons. The molecular formula is C55H105NO5. The van der Waals surface area contributed by atoms with Crippen LogP contribution in [-0.4, -0.2) is 47.4 Å². The van der Waals surface area contributed by atoms with Gasteiger partial charge in [0.15, 0.2) is 0 Å². The molecule has 0 aliphatic carbocycles. The van der Waals surface area contributed by atoms with Crippen molar-refractivity contribution in [2.45, 2.75) is 302 Å². The number of aliphatic hydroxyl groups excluding tert-OH is 2. The Morgan fingerprint density at radius 1 is 0.443 bits per heavy atom. The number of rotatable bonds is 50.